The number of nitriles is 1. The van der Waals surface area contributed by atoms with Gasteiger partial charge in [-0.15, -0.1) is 0 Å². The minimum absolute atomic E-state index is 0.0379. The van der Waals surface area contributed by atoms with E-state index < -0.39 is 18.0 Å². The molecule has 1 aliphatic rings. The van der Waals surface area contributed by atoms with Gasteiger partial charge in [-0.25, -0.2) is 4.79 Å². The summed E-state index contributed by atoms with van der Waals surface area (Å²) in [5.74, 6) is -0.142. The van der Waals surface area contributed by atoms with E-state index in [9.17, 15) is 19.5 Å². The lowest BCUT2D eigenvalue weighted by molar-refractivity contribution is -0.139. The smallest absolute Gasteiger partial charge is 0.341 e. The van der Waals surface area contributed by atoms with E-state index >= 15 is 0 Å². The molecule has 230 valence electrons. The molecule has 2 aromatic carbocycles. The number of nitrogens with one attached hydrogen (secondary N) is 2. The fraction of sp³-hybridized carbons (Fsp3) is 0.469. The molecule has 3 rings (SSSR count). The summed E-state index contributed by atoms with van der Waals surface area (Å²) in [7, 11) is 1.53. The lowest BCUT2D eigenvalue weighted by Crippen LogP contribution is -2.30. The molecule has 1 amide bonds. The molecule has 1 aliphatic heterocycles. The number of aryl methyl sites for hydroxylation is 1. The Kier molecular flexibility index (Phi) is 11.1. The van der Waals surface area contributed by atoms with Gasteiger partial charge in [0, 0.05) is 37.6 Å². The average molecular weight is 593 g/mol. The molecule has 0 bridgehead atoms. The van der Waals surface area contributed by atoms with Crippen molar-refractivity contribution in [3.05, 3.63) is 52.1 Å². The Balaban J connectivity index is 1.77. The van der Waals surface area contributed by atoms with Crippen molar-refractivity contribution >= 4 is 23.5 Å². The predicted octanol–water partition coefficient (Wildman–Crippen LogP) is 4.23. The highest BCUT2D eigenvalue weighted by Gasteiger charge is 2.29. The molecule has 2 aromatic rings. The fourth-order valence-electron chi connectivity index (χ4n) is 4.81. The molecular formula is C32H40N4O7. The molecule has 0 atom stereocenters. The number of amidine groups is 1. The van der Waals surface area contributed by atoms with Gasteiger partial charge < -0.3 is 29.5 Å². The first-order chi connectivity index (χ1) is 20.4. The number of fused-ring (bicyclic) bond motifs is 1. The summed E-state index contributed by atoms with van der Waals surface area (Å²) in [5, 5.41) is 29.3. The Labute approximate surface area is 252 Å². The topological polar surface area (TPSA) is 162 Å². The number of hydrogen-bond acceptors (Lipinski definition) is 8. The largest absolute Gasteiger partial charge is 0.493 e. The van der Waals surface area contributed by atoms with Crippen LogP contribution in [0.4, 0.5) is 0 Å². The first-order valence-electron chi connectivity index (χ1n) is 14.3. The molecule has 0 fully saturated rings. The van der Waals surface area contributed by atoms with Gasteiger partial charge in [0.15, 0.2) is 23.9 Å². The van der Waals surface area contributed by atoms with Gasteiger partial charge in [0.05, 0.1) is 31.4 Å². The van der Waals surface area contributed by atoms with Crippen LogP contribution >= 0.6 is 0 Å². The van der Waals surface area contributed by atoms with Crippen molar-refractivity contribution in [2.45, 2.75) is 65.3 Å². The van der Waals surface area contributed by atoms with Crippen molar-refractivity contribution in [3.63, 3.8) is 0 Å². The number of benzene rings is 2. The summed E-state index contributed by atoms with van der Waals surface area (Å²) in [5.41, 5.74) is 2.93. The number of ether oxygens (including phenoxy) is 3. The van der Waals surface area contributed by atoms with Crippen molar-refractivity contribution < 1.29 is 33.7 Å². The summed E-state index contributed by atoms with van der Waals surface area (Å²) < 4.78 is 17.3. The van der Waals surface area contributed by atoms with E-state index in [0.29, 0.717) is 60.8 Å². The minimum atomic E-state index is -1.11. The van der Waals surface area contributed by atoms with E-state index in [1.807, 2.05) is 33.8 Å². The van der Waals surface area contributed by atoms with Crippen LogP contribution in [0.5, 0.6) is 17.2 Å². The highest BCUT2D eigenvalue weighted by Crippen LogP contribution is 2.40. The van der Waals surface area contributed by atoms with Crippen molar-refractivity contribution in [1.82, 2.24) is 10.2 Å². The lowest BCUT2D eigenvalue weighted by atomic mass is 9.84. The van der Waals surface area contributed by atoms with Crippen molar-refractivity contribution in [2.75, 3.05) is 33.4 Å². The molecule has 1 heterocycles. The van der Waals surface area contributed by atoms with Crippen LogP contribution in [0.2, 0.25) is 0 Å². The van der Waals surface area contributed by atoms with Crippen molar-refractivity contribution in [3.8, 4) is 23.3 Å². The van der Waals surface area contributed by atoms with Crippen LogP contribution in [-0.4, -0.2) is 66.9 Å². The Morgan fingerprint density at radius 3 is 2.49 bits per heavy atom. The molecule has 0 radical (unpaired) electrons. The van der Waals surface area contributed by atoms with Crippen LogP contribution in [0, 0.1) is 16.7 Å². The Bertz CT molecular complexity index is 1420. The second kappa shape index (κ2) is 14.5. The average Bonchev–Trinajstić information content (AvgIpc) is 3.25. The summed E-state index contributed by atoms with van der Waals surface area (Å²) in [4.78, 5) is 38.5. The predicted molar refractivity (Wildman–Crippen MR) is 160 cm³/mol. The summed E-state index contributed by atoms with van der Waals surface area (Å²) in [6.45, 7) is 8.28. The van der Waals surface area contributed by atoms with E-state index in [4.69, 9.17) is 24.9 Å². The van der Waals surface area contributed by atoms with Crippen LogP contribution in [0.15, 0.2) is 24.3 Å². The number of unbranched alkanes of at least 4 members (excludes halogenated alkanes) is 1. The van der Waals surface area contributed by atoms with Crippen molar-refractivity contribution in [2.24, 2.45) is 0 Å². The molecule has 11 heteroatoms. The second-order valence-electron chi connectivity index (χ2n) is 11.3. The standard InChI is InChI=1S/C32H40N4O7/c1-6-41-26-15-21-17-36(30(34)23(21)16-24(26)31(40)35-5)18-22(37)10-9-20-13-25(32(2,3)4)29(43-19-28(38)39)27(14-20)42-12-8-7-11-33/h13-16,34H,6-10,12,17-19H2,1-5H3,(H,35,40)(H,38,39). The lowest BCUT2D eigenvalue weighted by Gasteiger charge is -2.26. The van der Waals surface area contributed by atoms with Gasteiger partial charge in [-0.1, -0.05) is 26.8 Å². The van der Waals surface area contributed by atoms with E-state index in [2.05, 4.69) is 11.4 Å². The maximum atomic E-state index is 13.1. The molecule has 0 saturated heterocycles. The van der Waals surface area contributed by atoms with Gasteiger partial charge >= 0.3 is 5.97 Å². The van der Waals surface area contributed by atoms with Crippen LogP contribution in [0.1, 0.15) is 79.6 Å². The van der Waals surface area contributed by atoms with Gasteiger partial charge in [-0.2, -0.15) is 5.26 Å². The summed E-state index contributed by atoms with van der Waals surface area (Å²) in [6.07, 6.45) is 1.43. The number of carboxylic acid groups (broad SMARTS) is 1. The Hall–Kier alpha value is -4.59. The third-order valence-corrected chi connectivity index (χ3v) is 6.92. The number of aliphatic carboxylic acids is 1. The third-order valence-electron chi connectivity index (χ3n) is 6.92. The number of carbonyl (C=O) groups is 3. The minimum Gasteiger partial charge on any atom is -0.493 e. The van der Waals surface area contributed by atoms with E-state index in [-0.39, 0.29) is 37.1 Å². The Morgan fingerprint density at radius 2 is 1.86 bits per heavy atom. The zero-order chi connectivity index (χ0) is 31.7. The third kappa shape index (κ3) is 8.47. The van der Waals surface area contributed by atoms with Gasteiger partial charge in [0.2, 0.25) is 0 Å². The maximum absolute atomic E-state index is 13.1. The summed E-state index contributed by atoms with van der Waals surface area (Å²) in [6, 6.07) is 9.16. The van der Waals surface area contributed by atoms with Crippen LogP contribution in [0.3, 0.4) is 0 Å². The number of carbonyl (C=O) groups excluding carboxylic acids is 2. The first-order valence-corrected chi connectivity index (χ1v) is 14.3. The normalized spacial score (nSPS) is 12.4. The molecular weight excluding hydrogens is 552 g/mol. The molecule has 11 nitrogen and oxygen atoms in total. The van der Waals surface area contributed by atoms with Gasteiger partial charge in [-0.05, 0) is 54.5 Å². The zero-order valence-electron chi connectivity index (χ0n) is 25.5. The van der Waals surface area contributed by atoms with Gasteiger partial charge in [0.25, 0.3) is 5.91 Å². The number of Topliss-reactive ketones (excluding diaryl/α,β-unsaturated/α-hetero) is 1. The Morgan fingerprint density at radius 1 is 1.12 bits per heavy atom. The number of amides is 1. The van der Waals surface area contributed by atoms with Crippen LogP contribution < -0.4 is 19.5 Å². The number of nitrogens with zero attached hydrogens (tertiary/aromatic N) is 2. The zero-order valence-corrected chi connectivity index (χ0v) is 25.5. The number of rotatable bonds is 15. The SMILES string of the molecule is CCOc1cc2c(cc1C(=O)NC)C(=N)N(CC(=O)CCc1cc(OCCCC#N)c(OCC(=O)O)c(C(C)(C)C)c1)C2. The molecule has 43 heavy (non-hydrogen) atoms. The van der Waals surface area contributed by atoms with Gasteiger partial charge in [0.1, 0.15) is 11.6 Å². The highest BCUT2D eigenvalue weighted by atomic mass is 16.5. The molecule has 0 saturated carbocycles. The molecule has 0 spiro atoms. The maximum Gasteiger partial charge on any atom is 0.341 e. The van der Waals surface area contributed by atoms with E-state index in [1.165, 1.54) is 7.05 Å². The highest BCUT2D eigenvalue weighted by molar-refractivity contribution is 6.06. The number of ketones is 1. The molecule has 3 N–H and O–H groups in total. The second-order valence-corrected chi connectivity index (χ2v) is 11.3. The number of hydrogen-bond donors (Lipinski definition) is 3. The monoisotopic (exact) mass is 592 g/mol. The van der Waals surface area contributed by atoms with E-state index in [1.54, 1.807) is 23.1 Å². The van der Waals surface area contributed by atoms with Crippen LogP contribution in [-0.2, 0) is 28.0 Å². The first kappa shape index (κ1) is 32.9. The molecule has 0 aromatic heterocycles. The quantitative estimate of drug-likeness (QED) is 0.257. The fourth-order valence-corrected chi connectivity index (χ4v) is 4.81. The number of carboxylic acids is 1. The molecule has 0 aliphatic carbocycles. The van der Waals surface area contributed by atoms with Crippen molar-refractivity contribution in [1.29, 1.82) is 10.7 Å². The molecule has 0 unspecified atom stereocenters. The van der Waals surface area contributed by atoms with E-state index in [0.717, 1.165) is 16.7 Å². The van der Waals surface area contributed by atoms with Gasteiger partial charge in [-0.3, -0.25) is 15.0 Å². The summed E-state index contributed by atoms with van der Waals surface area (Å²) >= 11 is 0. The van der Waals surface area contributed by atoms with Crippen LogP contribution in [0.25, 0.3) is 0 Å².